The summed E-state index contributed by atoms with van der Waals surface area (Å²) < 4.78 is 15.9. The molecule has 0 bridgehead atoms. The average Bonchev–Trinajstić information content (AvgIpc) is 3.34. The summed E-state index contributed by atoms with van der Waals surface area (Å²) in [5, 5.41) is 2.67. The molecule has 1 N–H and O–H groups in total. The molecule has 4 rings (SSSR count). The number of nitrogens with one attached hydrogen (secondary N) is 1. The van der Waals surface area contributed by atoms with Crippen LogP contribution in [0, 0.1) is 5.82 Å². The van der Waals surface area contributed by atoms with Crippen LogP contribution in [-0.4, -0.2) is 56.3 Å². The summed E-state index contributed by atoms with van der Waals surface area (Å²) in [5.74, 6) is -1.19. The van der Waals surface area contributed by atoms with Gasteiger partial charge in [0.2, 0.25) is 5.91 Å². The minimum atomic E-state index is -0.804. The number of carbonyl (C=O) groups excluding carboxylic acids is 3. The van der Waals surface area contributed by atoms with Gasteiger partial charge in [-0.05, 0) is 30.5 Å². The number of imidazole rings is 1. The Bertz CT molecular complexity index is 969. The highest BCUT2D eigenvalue weighted by atomic mass is 19.1. The molecule has 4 amide bonds. The number of aromatic nitrogens is 2. The minimum Gasteiger partial charge on any atom is -0.350 e. The molecule has 0 unspecified atom stereocenters. The number of hydrogen-bond donors (Lipinski definition) is 1. The maximum Gasteiger partial charge on any atom is 0.327 e. The van der Waals surface area contributed by atoms with Crippen LogP contribution in [0.3, 0.4) is 0 Å². The third kappa shape index (κ3) is 3.44. The maximum absolute atomic E-state index is 14.3. The fourth-order valence-corrected chi connectivity index (χ4v) is 4.34. The Hall–Kier alpha value is -3.23. The van der Waals surface area contributed by atoms with Crippen LogP contribution in [0.4, 0.5) is 9.18 Å². The van der Waals surface area contributed by atoms with Crippen LogP contribution >= 0.6 is 0 Å². The van der Waals surface area contributed by atoms with Crippen molar-refractivity contribution >= 4 is 17.8 Å². The van der Waals surface area contributed by atoms with Gasteiger partial charge in [-0.1, -0.05) is 25.3 Å². The summed E-state index contributed by atoms with van der Waals surface area (Å²) in [5.41, 5.74) is 0.128. The van der Waals surface area contributed by atoms with Crippen LogP contribution in [0.1, 0.15) is 37.7 Å². The summed E-state index contributed by atoms with van der Waals surface area (Å²) in [4.78, 5) is 44.3. The molecule has 1 aliphatic heterocycles. The molecule has 1 aliphatic carbocycles. The number of imide groups is 1. The number of benzene rings is 1. The van der Waals surface area contributed by atoms with Gasteiger partial charge in [0.15, 0.2) is 0 Å². The third-order valence-corrected chi connectivity index (χ3v) is 6.07. The summed E-state index contributed by atoms with van der Waals surface area (Å²) in [6.45, 7) is -0.240. The average molecular weight is 413 g/mol. The van der Waals surface area contributed by atoms with E-state index in [9.17, 15) is 18.8 Å². The highest BCUT2D eigenvalue weighted by Gasteiger charge is 2.55. The second kappa shape index (κ2) is 7.89. The summed E-state index contributed by atoms with van der Waals surface area (Å²) in [6, 6.07) is 4.21. The van der Waals surface area contributed by atoms with Crippen LogP contribution in [0.25, 0.3) is 5.69 Å². The van der Waals surface area contributed by atoms with E-state index in [1.54, 1.807) is 36.1 Å². The van der Waals surface area contributed by atoms with E-state index in [0.29, 0.717) is 24.1 Å². The van der Waals surface area contributed by atoms with E-state index in [2.05, 4.69) is 10.3 Å². The molecule has 8 nitrogen and oxygen atoms in total. The van der Waals surface area contributed by atoms with Gasteiger partial charge in [0, 0.05) is 26.0 Å². The first-order valence-corrected chi connectivity index (χ1v) is 10.1. The van der Waals surface area contributed by atoms with Crippen molar-refractivity contribution in [2.45, 2.75) is 44.2 Å². The molecule has 30 heavy (non-hydrogen) atoms. The number of urea groups is 1. The number of rotatable bonds is 5. The van der Waals surface area contributed by atoms with E-state index < -0.39 is 23.3 Å². The second-order valence-electron chi connectivity index (χ2n) is 7.86. The predicted octanol–water partition coefficient (Wildman–Crippen LogP) is 2.22. The van der Waals surface area contributed by atoms with Gasteiger partial charge in [-0.25, -0.2) is 14.2 Å². The van der Waals surface area contributed by atoms with Gasteiger partial charge < -0.3 is 14.8 Å². The first kappa shape index (κ1) is 20.1. The van der Waals surface area contributed by atoms with E-state index in [4.69, 9.17) is 0 Å². The zero-order valence-corrected chi connectivity index (χ0v) is 16.8. The topological polar surface area (TPSA) is 87.5 Å². The molecule has 0 atom stereocenters. The lowest BCUT2D eigenvalue weighted by Gasteiger charge is -2.35. The van der Waals surface area contributed by atoms with Crippen LogP contribution in [0.2, 0.25) is 0 Å². The van der Waals surface area contributed by atoms with Gasteiger partial charge in [-0.3, -0.25) is 14.5 Å². The largest absolute Gasteiger partial charge is 0.350 e. The molecule has 0 radical (unpaired) electrons. The normalized spacial score (nSPS) is 18.3. The molecule has 2 aromatic rings. The Labute approximate surface area is 173 Å². The number of carbonyl (C=O) groups is 3. The van der Waals surface area contributed by atoms with Crippen LogP contribution < -0.4 is 5.32 Å². The Balaban J connectivity index is 1.38. The van der Waals surface area contributed by atoms with Crippen molar-refractivity contribution in [3.8, 4) is 5.69 Å². The van der Waals surface area contributed by atoms with Crippen molar-refractivity contribution in [2.24, 2.45) is 0 Å². The molecular weight excluding hydrogens is 389 g/mol. The van der Waals surface area contributed by atoms with E-state index in [1.165, 1.54) is 17.3 Å². The minimum absolute atomic E-state index is 0.0944. The molecule has 2 fully saturated rings. The summed E-state index contributed by atoms with van der Waals surface area (Å²) >= 11 is 0. The molecule has 1 spiro atoms. The number of halogens is 1. The van der Waals surface area contributed by atoms with Gasteiger partial charge in [-0.15, -0.1) is 0 Å². The molecule has 158 valence electrons. The summed E-state index contributed by atoms with van der Waals surface area (Å²) in [6.07, 6.45) is 8.80. The lowest BCUT2D eigenvalue weighted by atomic mass is 9.81. The van der Waals surface area contributed by atoms with Crippen LogP contribution in [0.15, 0.2) is 36.9 Å². The fraction of sp³-hybridized carbons (Fsp3) is 0.429. The fourth-order valence-electron chi connectivity index (χ4n) is 4.34. The van der Waals surface area contributed by atoms with Crippen molar-refractivity contribution in [3.63, 3.8) is 0 Å². The van der Waals surface area contributed by atoms with Gasteiger partial charge in [0.1, 0.15) is 17.9 Å². The molecule has 1 aromatic carbocycles. The smallest absolute Gasteiger partial charge is 0.327 e. The molecule has 1 saturated carbocycles. The van der Waals surface area contributed by atoms with Gasteiger partial charge >= 0.3 is 6.03 Å². The van der Waals surface area contributed by atoms with Crippen molar-refractivity contribution in [3.05, 3.63) is 48.3 Å². The molecular formula is C21H24FN5O3. The number of nitrogens with zero attached hydrogens (tertiary/aromatic N) is 4. The van der Waals surface area contributed by atoms with Crippen molar-refractivity contribution in [1.82, 2.24) is 24.7 Å². The van der Waals surface area contributed by atoms with Gasteiger partial charge in [0.25, 0.3) is 5.91 Å². The summed E-state index contributed by atoms with van der Waals surface area (Å²) in [7, 11) is 1.63. The van der Waals surface area contributed by atoms with Crippen molar-refractivity contribution in [2.75, 3.05) is 13.6 Å². The molecule has 2 aliphatic rings. The van der Waals surface area contributed by atoms with Gasteiger partial charge in [0.05, 0.1) is 12.0 Å². The molecule has 1 aromatic heterocycles. The zero-order chi connectivity index (χ0) is 21.3. The maximum atomic E-state index is 14.3. The Morgan fingerprint density at radius 3 is 2.67 bits per heavy atom. The Morgan fingerprint density at radius 2 is 2.00 bits per heavy atom. The first-order valence-electron chi connectivity index (χ1n) is 10.1. The highest BCUT2D eigenvalue weighted by molar-refractivity contribution is 6.08. The van der Waals surface area contributed by atoms with E-state index >= 15 is 0 Å². The third-order valence-electron chi connectivity index (χ3n) is 6.07. The predicted molar refractivity (Wildman–Crippen MR) is 106 cm³/mol. The number of likely N-dealkylation sites (N-methyl/N-ethyl adjacent to an activating group) is 1. The Kier molecular flexibility index (Phi) is 5.27. The van der Waals surface area contributed by atoms with Crippen molar-refractivity contribution in [1.29, 1.82) is 0 Å². The lowest BCUT2D eigenvalue weighted by Crippen LogP contribution is -2.49. The lowest BCUT2D eigenvalue weighted by molar-refractivity contribution is -0.137. The highest BCUT2D eigenvalue weighted by Crippen LogP contribution is 2.39. The Morgan fingerprint density at radius 1 is 1.23 bits per heavy atom. The van der Waals surface area contributed by atoms with Crippen LogP contribution in [-0.2, 0) is 16.1 Å². The standard InChI is InChI=1S/C21H24FN5O3/c1-25-20(30)27(19(29)21(25)7-3-2-4-8-21)13-18(28)24-12-15-5-6-17(16(22)11-15)26-10-9-23-14-26/h5-6,9-11,14H,2-4,7-8,12-13H2,1H3,(H,24,28). The van der Waals surface area contributed by atoms with Gasteiger partial charge in [-0.2, -0.15) is 0 Å². The molecule has 2 heterocycles. The van der Waals surface area contributed by atoms with E-state index in [-0.39, 0.29) is 19.0 Å². The molecule has 1 saturated heterocycles. The quantitative estimate of drug-likeness (QED) is 0.762. The van der Waals surface area contributed by atoms with E-state index in [1.807, 2.05) is 0 Å². The van der Waals surface area contributed by atoms with Crippen molar-refractivity contribution < 1.29 is 18.8 Å². The number of amides is 4. The SMILES string of the molecule is CN1C(=O)N(CC(=O)NCc2ccc(-n3ccnc3)c(F)c2)C(=O)C12CCCCC2. The second-order valence-corrected chi connectivity index (χ2v) is 7.86. The monoisotopic (exact) mass is 413 g/mol. The number of hydrogen-bond acceptors (Lipinski definition) is 4. The first-order chi connectivity index (χ1) is 14.4. The zero-order valence-electron chi connectivity index (χ0n) is 16.8. The van der Waals surface area contributed by atoms with E-state index in [0.717, 1.165) is 24.2 Å². The molecule has 9 heteroatoms. The van der Waals surface area contributed by atoms with Crippen LogP contribution in [0.5, 0.6) is 0 Å².